The van der Waals surface area contributed by atoms with Gasteiger partial charge in [0.1, 0.15) is 0 Å². The van der Waals surface area contributed by atoms with Crippen molar-refractivity contribution in [3.8, 4) is 5.69 Å². The average molecular weight is 455 g/mol. The van der Waals surface area contributed by atoms with Crippen molar-refractivity contribution in [2.75, 3.05) is 20.3 Å². The number of carbonyl (C=O) groups is 2. The largest absolute Gasteiger partial charge is 0.465 e. The number of aryl methyl sites for hydroxylation is 1. The fraction of sp³-hybridized carbons (Fsp3) is 0.360. The number of aromatic nitrogens is 1. The summed E-state index contributed by atoms with van der Waals surface area (Å²) in [5.41, 5.74) is 5.01. The van der Waals surface area contributed by atoms with Crippen LogP contribution in [-0.4, -0.2) is 47.7 Å². The second-order valence-electron chi connectivity index (χ2n) is 8.20. The maximum atomic E-state index is 13.4. The number of allylic oxidation sites excluding steroid dienone is 1. The summed E-state index contributed by atoms with van der Waals surface area (Å²) >= 11 is 6.19. The lowest BCUT2D eigenvalue weighted by atomic mass is 10.0. The van der Waals surface area contributed by atoms with Crippen LogP contribution in [0.2, 0.25) is 5.02 Å². The molecule has 1 saturated heterocycles. The van der Waals surface area contributed by atoms with Gasteiger partial charge in [-0.05, 0) is 69.5 Å². The first-order chi connectivity index (χ1) is 15.3. The van der Waals surface area contributed by atoms with Gasteiger partial charge in [0.25, 0.3) is 5.91 Å². The monoisotopic (exact) mass is 454 g/mol. The molecule has 2 aromatic rings. The number of rotatable bonds is 5. The normalized spacial score (nSPS) is 20.0. The van der Waals surface area contributed by atoms with Gasteiger partial charge in [-0.25, -0.2) is 4.79 Å². The predicted molar refractivity (Wildman–Crippen MR) is 124 cm³/mol. The van der Waals surface area contributed by atoms with Crippen molar-refractivity contribution in [1.29, 1.82) is 0 Å². The quantitative estimate of drug-likeness (QED) is 0.489. The van der Waals surface area contributed by atoms with Gasteiger partial charge in [0.15, 0.2) is 0 Å². The van der Waals surface area contributed by atoms with E-state index in [1.54, 1.807) is 17.9 Å². The van der Waals surface area contributed by atoms with Crippen LogP contribution in [0.25, 0.3) is 11.8 Å². The number of carbonyl (C=O) groups excluding carboxylic acids is 2. The highest BCUT2D eigenvalue weighted by Crippen LogP contribution is 2.34. The lowest BCUT2D eigenvalue weighted by Gasteiger charge is -2.21. The number of nitrogens with zero attached hydrogens (tertiary/aromatic N) is 2. The number of methoxy groups -OCH3 is 1. The molecule has 1 fully saturated rings. The predicted octanol–water partition coefficient (Wildman–Crippen LogP) is 4.60. The Morgan fingerprint density at radius 2 is 2.06 bits per heavy atom. The van der Waals surface area contributed by atoms with E-state index in [1.807, 2.05) is 44.2 Å². The van der Waals surface area contributed by atoms with E-state index in [2.05, 4.69) is 4.57 Å². The van der Waals surface area contributed by atoms with Gasteiger partial charge in [-0.3, -0.25) is 4.79 Å². The molecular formula is C25H27ClN2O4. The van der Waals surface area contributed by atoms with E-state index in [-0.39, 0.29) is 12.0 Å². The molecule has 0 spiro atoms. The Balaban J connectivity index is 1.76. The van der Waals surface area contributed by atoms with Crippen LogP contribution < -0.4 is 0 Å². The summed E-state index contributed by atoms with van der Waals surface area (Å²) in [5, 5.41) is 0.650. The van der Waals surface area contributed by atoms with Crippen LogP contribution in [0.15, 0.2) is 47.2 Å². The summed E-state index contributed by atoms with van der Waals surface area (Å²) in [6, 6.07) is 9.62. The standard InChI is InChI=1S/C25H27ClN2O4/c1-15-11-18(16(2)28(15)20-8-5-7-19(26)13-20)12-22-23(25(30)31-4)17(3)27(24(22)29)14-21-9-6-10-32-21/h5,7-8,11-13,21H,6,9-10,14H2,1-4H3/b22-12-/t21-/m0/s1. The number of benzene rings is 1. The number of esters is 1. The Bertz CT molecular complexity index is 1140. The lowest BCUT2D eigenvalue weighted by molar-refractivity contribution is -0.136. The van der Waals surface area contributed by atoms with Crippen molar-refractivity contribution in [2.24, 2.45) is 0 Å². The van der Waals surface area contributed by atoms with Gasteiger partial charge < -0.3 is 18.9 Å². The van der Waals surface area contributed by atoms with Gasteiger partial charge in [-0.15, -0.1) is 0 Å². The molecule has 2 aliphatic heterocycles. The molecule has 2 aliphatic rings. The summed E-state index contributed by atoms with van der Waals surface area (Å²) < 4.78 is 12.8. The Morgan fingerprint density at radius 3 is 2.72 bits per heavy atom. The first kappa shape index (κ1) is 22.4. The maximum absolute atomic E-state index is 13.4. The summed E-state index contributed by atoms with van der Waals surface area (Å²) in [6.45, 7) is 6.91. The van der Waals surface area contributed by atoms with Gasteiger partial charge in [0.2, 0.25) is 0 Å². The number of hydrogen-bond donors (Lipinski definition) is 0. The second-order valence-corrected chi connectivity index (χ2v) is 8.64. The minimum absolute atomic E-state index is 0.0139. The Kier molecular flexibility index (Phi) is 6.26. The zero-order valence-corrected chi connectivity index (χ0v) is 19.5. The van der Waals surface area contributed by atoms with Crippen molar-refractivity contribution in [3.05, 3.63) is 69.1 Å². The van der Waals surface area contributed by atoms with Gasteiger partial charge in [-0.2, -0.15) is 0 Å². The topological polar surface area (TPSA) is 60.8 Å². The molecule has 1 aromatic heterocycles. The van der Waals surface area contributed by atoms with Gasteiger partial charge in [0.05, 0.1) is 30.9 Å². The highest BCUT2D eigenvalue weighted by atomic mass is 35.5. The van der Waals surface area contributed by atoms with Gasteiger partial charge in [0, 0.05) is 34.4 Å². The molecule has 32 heavy (non-hydrogen) atoms. The van der Waals surface area contributed by atoms with Crippen LogP contribution in [0.5, 0.6) is 0 Å². The van der Waals surface area contributed by atoms with E-state index in [0.29, 0.717) is 35.0 Å². The Morgan fingerprint density at radius 1 is 1.28 bits per heavy atom. The molecular weight excluding hydrogens is 428 g/mol. The molecule has 6 nitrogen and oxygen atoms in total. The van der Waals surface area contributed by atoms with Crippen LogP contribution in [0.1, 0.15) is 36.7 Å². The molecule has 0 radical (unpaired) electrons. The molecule has 0 bridgehead atoms. The number of halogens is 1. The minimum atomic E-state index is -0.513. The van der Waals surface area contributed by atoms with Crippen LogP contribution in [-0.2, 0) is 19.1 Å². The summed E-state index contributed by atoms with van der Waals surface area (Å²) in [7, 11) is 1.33. The van der Waals surface area contributed by atoms with E-state index < -0.39 is 5.97 Å². The SMILES string of the molecule is COC(=O)C1=C(C)N(C[C@@H]2CCCO2)C(=O)/C1=C\c1cc(C)n(-c2cccc(Cl)c2)c1C. The smallest absolute Gasteiger partial charge is 0.340 e. The highest BCUT2D eigenvalue weighted by molar-refractivity contribution is 6.30. The third-order valence-corrected chi connectivity index (χ3v) is 6.38. The van der Waals surface area contributed by atoms with Gasteiger partial charge >= 0.3 is 5.97 Å². The molecule has 0 saturated carbocycles. The van der Waals surface area contributed by atoms with Crippen LogP contribution in [0.3, 0.4) is 0 Å². The highest BCUT2D eigenvalue weighted by Gasteiger charge is 2.38. The number of hydrogen-bond acceptors (Lipinski definition) is 4. The molecule has 1 aromatic carbocycles. The Hall–Kier alpha value is -2.83. The lowest BCUT2D eigenvalue weighted by Crippen LogP contribution is -2.33. The first-order valence-corrected chi connectivity index (χ1v) is 11.1. The van der Waals surface area contributed by atoms with Crippen LogP contribution >= 0.6 is 11.6 Å². The molecule has 0 unspecified atom stereocenters. The zero-order chi connectivity index (χ0) is 23.0. The molecule has 168 valence electrons. The minimum Gasteiger partial charge on any atom is -0.465 e. The van der Waals surface area contributed by atoms with Crippen molar-refractivity contribution in [2.45, 2.75) is 39.7 Å². The fourth-order valence-electron chi connectivity index (χ4n) is 4.54. The maximum Gasteiger partial charge on any atom is 0.340 e. The van der Waals surface area contributed by atoms with Crippen LogP contribution in [0, 0.1) is 13.8 Å². The van der Waals surface area contributed by atoms with Gasteiger partial charge in [-0.1, -0.05) is 17.7 Å². The summed E-state index contributed by atoms with van der Waals surface area (Å²) in [5.74, 6) is -0.716. The number of amides is 1. The third-order valence-electron chi connectivity index (χ3n) is 6.15. The van der Waals surface area contributed by atoms with E-state index in [1.165, 1.54) is 7.11 Å². The van der Waals surface area contributed by atoms with Crippen LogP contribution in [0.4, 0.5) is 0 Å². The molecule has 3 heterocycles. The molecule has 7 heteroatoms. The molecule has 0 N–H and O–H groups in total. The third kappa shape index (κ3) is 4.00. The van der Waals surface area contributed by atoms with E-state index in [9.17, 15) is 9.59 Å². The van der Waals surface area contributed by atoms with E-state index in [0.717, 1.165) is 35.5 Å². The van der Waals surface area contributed by atoms with E-state index in [4.69, 9.17) is 21.1 Å². The zero-order valence-electron chi connectivity index (χ0n) is 18.8. The fourth-order valence-corrected chi connectivity index (χ4v) is 4.73. The van der Waals surface area contributed by atoms with Crippen molar-refractivity contribution in [3.63, 3.8) is 0 Å². The first-order valence-electron chi connectivity index (χ1n) is 10.7. The molecule has 1 atom stereocenters. The van der Waals surface area contributed by atoms with Crippen molar-refractivity contribution < 1.29 is 19.1 Å². The molecule has 0 aliphatic carbocycles. The average Bonchev–Trinajstić information content (AvgIpc) is 3.43. The van der Waals surface area contributed by atoms with Crippen molar-refractivity contribution in [1.82, 2.24) is 9.47 Å². The molecule has 4 rings (SSSR count). The second kappa shape index (κ2) is 8.96. The Labute approximate surface area is 193 Å². The van der Waals surface area contributed by atoms with Crippen molar-refractivity contribution >= 4 is 29.6 Å². The summed E-state index contributed by atoms with van der Waals surface area (Å²) in [4.78, 5) is 27.6. The number of ether oxygens (including phenoxy) is 2. The summed E-state index contributed by atoms with van der Waals surface area (Å²) in [6.07, 6.45) is 3.67. The molecule has 1 amide bonds. The van der Waals surface area contributed by atoms with E-state index >= 15 is 0 Å².